The van der Waals surface area contributed by atoms with Crippen molar-refractivity contribution in [3.05, 3.63) is 59.2 Å². The highest BCUT2D eigenvalue weighted by Crippen LogP contribution is 2.37. The van der Waals surface area contributed by atoms with Gasteiger partial charge in [0, 0.05) is 23.7 Å². The van der Waals surface area contributed by atoms with Crippen LogP contribution in [0.2, 0.25) is 0 Å². The predicted octanol–water partition coefficient (Wildman–Crippen LogP) is 5.70. The molecule has 0 radical (unpaired) electrons. The van der Waals surface area contributed by atoms with Gasteiger partial charge in [0.15, 0.2) is 0 Å². The molecule has 1 saturated carbocycles. The number of halogens is 2. The van der Waals surface area contributed by atoms with Gasteiger partial charge in [-0.05, 0) is 55.9 Å². The van der Waals surface area contributed by atoms with E-state index in [0.717, 1.165) is 43.2 Å². The number of unbranched alkanes of at least 4 members (excludes halogenated alkanes) is 1. The Hall–Kier alpha value is -2.27. The van der Waals surface area contributed by atoms with Crippen LogP contribution in [0.5, 0.6) is 0 Å². The van der Waals surface area contributed by atoms with Crippen LogP contribution in [0.3, 0.4) is 0 Å². The van der Waals surface area contributed by atoms with E-state index >= 15 is 0 Å². The Morgan fingerprint density at radius 3 is 2.55 bits per heavy atom. The van der Waals surface area contributed by atoms with Gasteiger partial charge in [-0.3, -0.25) is 4.79 Å². The quantitative estimate of drug-likeness (QED) is 0.567. The molecule has 1 atom stereocenters. The number of carboxylic acids is 1. The first-order valence-corrected chi connectivity index (χ1v) is 10.4. The molecule has 0 bridgehead atoms. The molecule has 0 heterocycles. The maximum absolute atomic E-state index is 14.6. The lowest BCUT2D eigenvalue weighted by atomic mass is 9.70. The standard InChI is InChI=1S/C24H29F2NO2/c1-3-4-5-19(24(28)29)17-12-18(13-17)27-14-16-7-8-20(23(26)11-16)21-10-15(2)6-9-22(21)25/h6-11,17-19,27H,3-5,12-14H2,1-2H3,(H,28,29). The Labute approximate surface area is 171 Å². The number of benzene rings is 2. The molecule has 2 N–H and O–H groups in total. The van der Waals surface area contributed by atoms with Gasteiger partial charge in [0.2, 0.25) is 0 Å². The molecular formula is C24H29F2NO2. The van der Waals surface area contributed by atoms with E-state index in [9.17, 15) is 18.7 Å². The minimum atomic E-state index is -0.692. The van der Waals surface area contributed by atoms with Crippen molar-refractivity contribution < 1.29 is 18.7 Å². The van der Waals surface area contributed by atoms with Crippen molar-refractivity contribution in [3.63, 3.8) is 0 Å². The number of aliphatic carboxylic acids is 1. The Balaban J connectivity index is 1.56. The zero-order valence-corrected chi connectivity index (χ0v) is 17.1. The lowest BCUT2D eigenvalue weighted by Gasteiger charge is -2.39. The van der Waals surface area contributed by atoms with E-state index in [0.29, 0.717) is 6.54 Å². The Bertz CT molecular complexity index is 862. The van der Waals surface area contributed by atoms with Crippen LogP contribution in [0, 0.1) is 30.4 Å². The molecule has 1 aliphatic rings. The molecule has 0 aliphatic heterocycles. The van der Waals surface area contributed by atoms with Crippen molar-refractivity contribution in [2.75, 3.05) is 0 Å². The molecule has 156 valence electrons. The molecule has 3 rings (SSSR count). The molecule has 1 fully saturated rings. The minimum absolute atomic E-state index is 0.222. The summed E-state index contributed by atoms with van der Waals surface area (Å²) in [6.45, 7) is 4.43. The topological polar surface area (TPSA) is 49.3 Å². The number of carbonyl (C=O) groups is 1. The molecule has 1 unspecified atom stereocenters. The number of rotatable bonds is 9. The number of carboxylic acid groups (broad SMARTS) is 1. The minimum Gasteiger partial charge on any atom is -0.481 e. The van der Waals surface area contributed by atoms with E-state index in [1.807, 2.05) is 13.0 Å². The second-order valence-electron chi connectivity index (χ2n) is 8.19. The summed E-state index contributed by atoms with van der Waals surface area (Å²) in [5.41, 5.74) is 2.21. The van der Waals surface area contributed by atoms with Crippen molar-refractivity contribution in [2.24, 2.45) is 11.8 Å². The van der Waals surface area contributed by atoms with E-state index in [2.05, 4.69) is 12.2 Å². The molecule has 0 aromatic heterocycles. The number of aryl methyl sites for hydroxylation is 1. The molecule has 0 amide bonds. The smallest absolute Gasteiger partial charge is 0.306 e. The third-order valence-electron chi connectivity index (χ3n) is 5.97. The maximum atomic E-state index is 14.6. The molecule has 2 aromatic carbocycles. The van der Waals surface area contributed by atoms with Crippen molar-refractivity contribution in [1.29, 1.82) is 0 Å². The van der Waals surface area contributed by atoms with Crippen LogP contribution in [-0.2, 0) is 11.3 Å². The fourth-order valence-electron chi connectivity index (χ4n) is 4.14. The molecule has 29 heavy (non-hydrogen) atoms. The molecule has 3 nitrogen and oxygen atoms in total. The third-order valence-corrected chi connectivity index (χ3v) is 5.97. The summed E-state index contributed by atoms with van der Waals surface area (Å²) < 4.78 is 28.6. The first kappa shape index (κ1) is 21.4. The fraction of sp³-hybridized carbons (Fsp3) is 0.458. The maximum Gasteiger partial charge on any atom is 0.306 e. The highest BCUT2D eigenvalue weighted by molar-refractivity contribution is 5.70. The molecule has 1 aliphatic carbocycles. The summed E-state index contributed by atoms with van der Waals surface area (Å²) in [5.74, 6) is -1.60. The van der Waals surface area contributed by atoms with Gasteiger partial charge in [-0.15, -0.1) is 0 Å². The molecule has 0 spiro atoms. The zero-order chi connectivity index (χ0) is 21.0. The summed E-state index contributed by atoms with van der Waals surface area (Å²) >= 11 is 0. The van der Waals surface area contributed by atoms with Gasteiger partial charge >= 0.3 is 5.97 Å². The average Bonchev–Trinajstić information content (AvgIpc) is 2.64. The molecule has 0 saturated heterocycles. The Morgan fingerprint density at radius 1 is 1.14 bits per heavy atom. The van der Waals surface area contributed by atoms with Gasteiger partial charge < -0.3 is 10.4 Å². The number of hydrogen-bond acceptors (Lipinski definition) is 2. The lowest BCUT2D eigenvalue weighted by Crippen LogP contribution is -2.45. The summed E-state index contributed by atoms with van der Waals surface area (Å²) in [6.07, 6.45) is 4.38. The molecule has 2 aromatic rings. The van der Waals surface area contributed by atoms with E-state index in [1.165, 1.54) is 12.1 Å². The van der Waals surface area contributed by atoms with Crippen LogP contribution in [0.1, 0.15) is 50.2 Å². The van der Waals surface area contributed by atoms with Gasteiger partial charge in [0.05, 0.1) is 5.92 Å². The lowest BCUT2D eigenvalue weighted by molar-refractivity contribution is -0.145. The van der Waals surface area contributed by atoms with Gasteiger partial charge in [0.25, 0.3) is 0 Å². The van der Waals surface area contributed by atoms with E-state index in [1.54, 1.807) is 18.2 Å². The van der Waals surface area contributed by atoms with Crippen molar-refractivity contribution in [3.8, 4) is 11.1 Å². The van der Waals surface area contributed by atoms with E-state index in [-0.39, 0.29) is 29.0 Å². The highest BCUT2D eigenvalue weighted by Gasteiger charge is 2.37. The third kappa shape index (κ3) is 5.21. The normalized spacial score (nSPS) is 19.6. The van der Waals surface area contributed by atoms with Crippen molar-refractivity contribution in [2.45, 2.75) is 58.5 Å². The highest BCUT2D eigenvalue weighted by atomic mass is 19.1. The summed E-state index contributed by atoms with van der Waals surface area (Å²) in [5, 5.41) is 12.8. The van der Waals surface area contributed by atoms with Crippen LogP contribution < -0.4 is 5.32 Å². The molecule has 5 heteroatoms. The monoisotopic (exact) mass is 401 g/mol. The summed E-state index contributed by atoms with van der Waals surface area (Å²) in [6, 6.07) is 9.82. The van der Waals surface area contributed by atoms with E-state index < -0.39 is 17.6 Å². The second kappa shape index (κ2) is 9.49. The van der Waals surface area contributed by atoms with Crippen LogP contribution in [0.25, 0.3) is 11.1 Å². The van der Waals surface area contributed by atoms with Gasteiger partial charge in [-0.1, -0.05) is 43.5 Å². The summed E-state index contributed by atoms with van der Waals surface area (Å²) in [7, 11) is 0. The first-order chi connectivity index (χ1) is 13.9. The van der Waals surface area contributed by atoms with Crippen LogP contribution in [-0.4, -0.2) is 17.1 Å². The largest absolute Gasteiger partial charge is 0.481 e. The van der Waals surface area contributed by atoms with Gasteiger partial charge in [0.1, 0.15) is 11.6 Å². The number of hydrogen-bond donors (Lipinski definition) is 2. The second-order valence-corrected chi connectivity index (χ2v) is 8.19. The van der Waals surface area contributed by atoms with Gasteiger partial charge in [-0.25, -0.2) is 8.78 Å². The Kier molecular flexibility index (Phi) is 7.01. The van der Waals surface area contributed by atoms with Crippen molar-refractivity contribution >= 4 is 5.97 Å². The Morgan fingerprint density at radius 2 is 1.90 bits per heavy atom. The van der Waals surface area contributed by atoms with Gasteiger partial charge in [-0.2, -0.15) is 0 Å². The van der Waals surface area contributed by atoms with Crippen LogP contribution >= 0.6 is 0 Å². The fourth-order valence-corrected chi connectivity index (χ4v) is 4.14. The molecular weight excluding hydrogens is 372 g/mol. The predicted molar refractivity (Wildman–Crippen MR) is 111 cm³/mol. The van der Waals surface area contributed by atoms with E-state index in [4.69, 9.17) is 0 Å². The first-order valence-electron chi connectivity index (χ1n) is 10.4. The zero-order valence-electron chi connectivity index (χ0n) is 17.1. The SMILES string of the molecule is CCCCC(C(=O)O)C1CC(NCc2ccc(-c3cc(C)ccc3F)c(F)c2)C1. The number of nitrogens with one attached hydrogen (secondary N) is 1. The summed E-state index contributed by atoms with van der Waals surface area (Å²) in [4.78, 5) is 11.5. The van der Waals surface area contributed by atoms with Crippen LogP contribution in [0.15, 0.2) is 36.4 Å². The van der Waals surface area contributed by atoms with Crippen LogP contribution in [0.4, 0.5) is 8.78 Å². The van der Waals surface area contributed by atoms with Crippen molar-refractivity contribution in [1.82, 2.24) is 5.32 Å². The average molecular weight is 401 g/mol.